The standard InChI is InChI=1S/C25H43NO6S/c1-15(5-8-22(28)32-4)18-6-7-19-23-20(10-12-25(18,19)3)24(2)11-9-17(27)13-16(24)14-21(23)26-33(29,30)31/h15-21,23,26-27H,5-14H2,1-4H3,(H,29,30,31)/t15-,16+,17-,18-,19+,20+,21-,23+,24+,25-/m1/s1. The lowest BCUT2D eigenvalue weighted by molar-refractivity contribution is -0.142. The predicted molar refractivity (Wildman–Crippen MR) is 125 cm³/mol. The number of aliphatic hydroxyl groups excluding tert-OH is 1. The molecule has 0 aromatic rings. The minimum absolute atomic E-state index is 0.104. The van der Waals surface area contributed by atoms with Gasteiger partial charge in [0.1, 0.15) is 0 Å². The molecular formula is C25H43NO6S. The van der Waals surface area contributed by atoms with Crippen LogP contribution < -0.4 is 4.72 Å². The second-order valence-corrected chi connectivity index (χ2v) is 13.4. The van der Waals surface area contributed by atoms with Crippen molar-refractivity contribution in [2.24, 2.45) is 46.3 Å². The van der Waals surface area contributed by atoms with Crippen molar-refractivity contribution in [3.05, 3.63) is 0 Å². The summed E-state index contributed by atoms with van der Waals surface area (Å²) in [7, 11) is -2.87. The predicted octanol–water partition coefficient (Wildman–Crippen LogP) is 3.97. The number of fused-ring (bicyclic) bond motifs is 5. The van der Waals surface area contributed by atoms with E-state index in [0.717, 1.165) is 51.4 Å². The third-order valence-electron chi connectivity index (χ3n) is 10.8. The van der Waals surface area contributed by atoms with Crippen LogP contribution in [0.1, 0.15) is 85.0 Å². The molecule has 3 N–H and O–H groups in total. The second-order valence-electron chi connectivity index (χ2n) is 12.2. The molecule has 190 valence electrons. The molecule has 4 rings (SSSR count). The Hall–Kier alpha value is -0.700. The van der Waals surface area contributed by atoms with E-state index in [2.05, 4.69) is 25.5 Å². The van der Waals surface area contributed by atoms with Crippen LogP contribution in [-0.2, 0) is 19.8 Å². The van der Waals surface area contributed by atoms with E-state index in [4.69, 9.17) is 4.74 Å². The smallest absolute Gasteiger partial charge is 0.333 e. The van der Waals surface area contributed by atoms with Crippen molar-refractivity contribution < 1.29 is 27.6 Å². The number of rotatable bonds is 6. The van der Waals surface area contributed by atoms with E-state index < -0.39 is 10.3 Å². The summed E-state index contributed by atoms with van der Waals surface area (Å²) in [6.07, 6.45) is 8.51. The Kier molecular flexibility index (Phi) is 6.98. The molecule has 33 heavy (non-hydrogen) atoms. The van der Waals surface area contributed by atoms with Crippen molar-refractivity contribution in [3.63, 3.8) is 0 Å². The highest BCUT2D eigenvalue weighted by atomic mass is 32.2. The topological polar surface area (TPSA) is 113 Å². The minimum atomic E-state index is -4.31. The molecule has 4 aliphatic rings. The normalized spacial score (nSPS) is 46.1. The van der Waals surface area contributed by atoms with Crippen LogP contribution >= 0.6 is 0 Å². The number of methoxy groups -OCH3 is 1. The number of aliphatic hydroxyl groups is 1. The summed E-state index contributed by atoms with van der Waals surface area (Å²) in [5.74, 6) is 1.99. The molecule has 0 heterocycles. The lowest BCUT2D eigenvalue weighted by atomic mass is 9.43. The quantitative estimate of drug-likeness (QED) is 0.388. The average Bonchev–Trinajstić information content (AvgIpc) is 3.09. The van der Waals surface area contributed by atoms with E-state index >= 15 is 0 Å². The Morgan fingerprint density at radius 3 is 2.42 bits per heavy atom. The van der Waals surface area contributed by atoms with Gasteiger partial charge in [0.25, 0.3) is 0 Å². The highest BCUT2D eigenvalue weighted by Crippen LogP contribution is 2.68. The highest BCUT2D eigenvalue weighted by molar-refractivity contribution is 7.83. The van der Waals surface area contributed by atoms with Crippen LogP contribution in [0.4, 0.5) is 0 Å². The van der Waals surface area contributed by atoms with Gasteiger partial charge in [0.15, 0.2) is 0 Å². The summed E-state index contributed by atoms with van der Waals surface area (Å²) >= 11 is 0. The first kappa shape index (κ1) is 25.4. The van der Waals surface area contributed by atoms with Crippen LogP contribution in [0.25, 0.3) is 0 Å². The molecular weight excluding hydrogens is 442 g/mol. The lowest BCUT2D eigenvalue weighted by Gasteiger charge is -2.63. The molecule has 0 radical (unpaired) electrons. The molecule has 10 atom stereocenters. The summed E-state index contributed by atoms with van der Waals surface area (Å²) in [4.78, 5) is 11.7. The molecule has 7 nitrogen and oxygen atoms in total. The van der Waals surface area contributed by atoms with Crippen LogP contribution in [0, 0.1) is 46.3 Å². The van der Waals surface area contributed by atoms with E-state index in [1.807, 2.05) is 0 Å². The van der Waals surface area contributed by atoms with Crippen LogP contribution in [0.15, 0.2) is 0 Å². The Balaban J connectivity index is 1.62. The number of ether oxygens (including phenoxy) is 1. The fourth-order valence-electron chi connectivity index (χ4n) is 9.18. The van der Waals surface area contributed by atoms with Crippen LogP contribution in [-0.4, -0.2) is 43.3 Å². The number of carbonyl (C=O) groups is 1. The summed E-state index contributed by atoms with van der Waals surface area (Å²) < 4.78 is 41.1. The third kappa shape index (κ3) is 4.62. The molecule has 0 spiro atoms. The second kappa shape index (κ2) is 9.07. The number of hydrogen-bond acceptors (Lipinski definition) is 5. The Morgan fingerprint density at radius 1 is 1.09 bits per heavy atom. The fourth-order valence-corrected chi connectivity index (χ4v) is 9.82. The molecule has 0 unspecified atom stereocenters. The van der Waals surface area contributed by atoms with Gasteiger partial charge in [-0.2, -0.15) is 13.1 Å². The van der Waals surface area contributed by atoms with Crippen molar-refractivity contribution in [1.82, 2.24) is 4.72 Å². The minimum Gasteiger partial charge on any atom is -0.469 e. The molecule has 4 saturated carbocycles. The molecule has 8 heteroatoms. The zero-order valence-electron chi connectivity index (χ0n) is 20.6. The first-order valence-corrected chi connectivity index (χ1v) is 14.3. The van der Waals surface area contributed by atoms with Crippen LogP contribution in [0.2, 0.25) is 0 Å². The van der Waals surface area contributed by atoms with E-state index in [1.165, 1.54) is 7.11 Å². The molecule has 4 aliphatic carbocycles. The summed E-state index contributed by atoms with van der Waals surface area (Å²) in [5.41, 5.74) is 0.213. The Morgan fingerprint density at radius 2 is 1.76 bits per heavy atom. The molecule has 0 amide bonds. The third-order valence-corrected chi connectivity index (χ3v) is 11.4. The van der Waals surface area contributed by atoms with Gasteiger partial charge in [-0.3, -0.25) is 9.35 Å². The SMILES string of the molecule is COC(=O)CC[C@@H](C)[C@H]1CC[C@H]2[C@@H]3[C@H](NS(=O)(=O)O)C[C@@H]4C[C@H](O)CC[C@]4(C)[C@H]3CC[C@]12C. The Labute approximate surface area is 199 Å². The first-order chi connectivity index (χ1) is 15.4. The zero-order chi connectivity index (χ0) is 24.2. The van der Waals surface area contributed by atoms with Gasteiger partial charge in [0.2, 0.25) is 0 Å². The van der Waals surface area contributed by atoms with Gasteiger partial charge in [-0.15, -0.1) is 0 Å². The largest absolute Gasteiger partial charge is 0.469 e. The van der Waals surface area contributed by atoms with Gasteiger partial charge in [-0.25, -0.2) is 0 Å². The number of carbonyl (C=O) groups excluding carboxylic acids is 1. The van der Waals surface area contributed by atoms with Crippen molar-refractivity contribution in [2.45, 2.75) is 97.1 Å². The molecule has 4 fully saturated rings. The maximum atomic E-state index is 12.0. The lowest BCUT2D eigenvalue weighted by Crippen LogP contribution is -2.62. The van der Waals surface area contributed by atoms with Gasteiger partial charge in [-0.1, -0.05) is 20.8 Å². The van der Waals surface area contributed by atoms with E-state index in [-0.39, 0.29) is 40.8 Å². The molecule has 0 aliphatic heterocycles. The number of nitrogens with one attached hydrogen (secondary N) is 1. The summed E-state index contributed by atoms with van der Waals surface area (Å²) in [5, 5.41) is 10.4. The van der Waals surface area contributed by atoms with E-state index in [9.17, 15) is 22.9 Å². The van der Waals surface area contributed by atoms with Gasteiger partial charge < -0.3 is 9.84 Å². The Bertz CT molecular complexity index is 848. The van der Waals surface area contributed by atoms with Gasteiger partial charge >= 0.3 is 16.3 Å². The number of hydrogen-bond donors (Lipinski definition) is 3. The molecule has 0 bridgehead atoms. The summed E-state index contributed by atoms with van der Waals surface area (Å²) in [6.45, 7) is 7.02. The molecule has 0 aromatic heterocycles. The van der Waals surface area contributed by atoms with Crippen LogP contribution in [0.3, 0.4) is 0 Å². The van der Waals surface area contributed by atoms with Crippen molar-refractivity contribution in [1.29, 1.82) is 0 Å². The zero-order valence-corrected chi connectivity index (χ0v) is 21.4. The molecule has 0 saturated heterocycles. The van der Waals surface area contributed by atoms with Gasteiger partial charge in [0, 0.05) is 12.5 Å². The van der Waals surface area contributed by atoms with Gasteiger partial charge in [-0.05, 0) is 104 Å². The average molecular weight is 486 g/mol. The first-order valence-electron chi connectivity index (χ1n) is 12.9. The highest BCUT2D eigenvalue weighted by Gasteiger charge is 2.63. The maximum absolute atomic E-state index is 12.0. The van der Waals surface area contributed by atoms with Crippen molar-refractivity contribution >= 4 is 16.3 Å². The van der Waals surface area contributed by atoms with E-state index in [1.54, 1.807) is 0 Å². The maximum Gasteiger partial charge on any atom is 0.333 e. The van der Waals surface area contributed by atoms with E-state index in [0.29, 0.717) is 36.5 Å². The van der Waals surface area contributed by atoms with Crippen LogP contribution in [0.5, 0.6) is 0 Å². The monoisotopic (exact) mass is 485 g/mol. The number of esters is 1. The molecule has 0 aromatic carbocycles. The van der Waals surface area contributed by atoms with Crippen molar-refractivity contribution in [3.8, 4) is 0 Å². The summed E-state index contributed by atoms with van der Waals surface area (Å²) in [6, 6.07) is -0.290. The fraction of sp³-hybridized carbons (Fsp3) is 0.960. The van der Waals surface area contributed by atoms with Crippen molar-refractivity contribution in [2.75, 3.05) is 7.11 Å². The van der Waals surface area contributed by atoms with Gasteiger partial charge in [0.05, 0.1) is 13.2 Å².